The Labute approximate surface area is 206 Å². The summed E-state index contributed by atoms with van der Waals surface area (Å²) in [7, 11) is 0. The number of rotatable bonds is 3. The maximum atomic E-state index is 13.6. The van der Waals surface area contributed by atoms with Crippen molar-refractivity contribution in [3.8, 4) is 0 Å². The summed E-state index contributed by atoms with van der Waals surface area (Å²) in [5.41, 5.74) is -0.763. The van der Waals surface area contributed by atoms with E-state index in [1.807, 2.05) is 0 Å². The number of nitrogens with zero attached hydrogens (tertiary/aromatic N) is 4. The number of hydrogen-bond acceptors (Lipinski definition) is 5. The molecule has 3 fully saturated rings. The molecule has 12 heteroatoms. The Morgan fingerprint density at radius 1 is 0.973 bits per heavy atom. The highest BCUT2D eigenvalue weighted by atomic mass is 19.4. The molecule has 188 valence electrons. The SMILES string of the molecule is O=C1[C@H]2[C@@H]3C[C@@H](CN3C(=O)c3ccc(C(F)(F)F)cc3)N2C(=O)N1c1ccc([N+](=O)[O-])c2ccccc12. The molecule has 4 amide bonds. The molecule has 3 aliphatic rings. The minimum absolute atomic E-state index is 0.0575. The Bertz CT molecular complexity index is 1510. The summed E-state index contributed by atoms with van der Waals surface area (Å²) >= 11 is 0. The summed E-state index contributed by atoms with van der Waals surface area (Å²) < 4.78 is 38.7. The van der Waals surface area contributed by atoms with Crippen molar-refractivity contribution in [3.05, 3.63) is 81.9 Å². The molecule has 3 aromatic rings. The predicted molar refractivity (Wildman–Crippen MR) is 124 cm³/mol. The minimum atomic E-state index is -4.53. The van der Waals surface area contributed by atoms with E-state index in [4.69, 9.17) is 0 Å². The van der Waals surface area contributed by atoms with Crippen molar-refractivity contribution in [2.45, 2.75) is 30.7 Å². The summed E-state index contributed by atoms with van der Waals surface area (Å²) in [5.74, 6) is -1.07. The molecule has 3 aromatic carbocycles. The van der Waals surface area contributed by atoms with E-state index in [1.54, 1.807) is 18.2 Å². The Hall–Kier alpha value is -4.48. The van der Waals surface area contributed by atoms with Gasteiger partial charge in [-0.2, -0.15) is 13.2 Å². The standard InChI is InChI=1S/C25H17F3N4O5/c26-25(27,28)14-7-5-13(6-8-14)22(33)29-12-15-11-20(29)21-23(34)31(24(35)30(15)21)18-9-10-19(32(36)37)17-4-2-1-3-16(17)18/h1-10,15,20-21H,11-12H2/t15-,20-,21+/m0/s1. The Morgan fingerprint density at radius 3 is 2.30 bits per heavy atom. The average Bonchev–Trinajstić information content (AvgIpc) is 3.54. The third-order valence-electron chi connectivity index (χ3n) is 7.30. The predicted octanol–water partition coefficient (Wildman–Crippen LogP) is 4.20. The van der Waals surface area contributed by atoms with Crippen LogP contribution in [0.1, 0.15) is 22.3 Å². The van der Waals surface area contributed by atoms with Gasteiger partial charge in [0.2, 0.25) is 0 Å². The molecule has 0 unspecified atom stereocenters. The summed E-state index contributed by atoms with van der Waals surface area (Å²) in [6.45, 7) is 0.148. The van der Waals surface area contributed by atoms with Gasteiger partial charge in [0.15, 0.2) is 0 Å². The lowest BCUT2D eigenvalue weighted by Crippen LogP contribution is -2.54. The number of nitro benzene ring substituents is 1. The Morgan fingerprint density at radius 2 is 1.65 bits per heavy atom. The van der Waals surface area contributed by atoms with E-state index in [0.717, 1.165) is 29.2 Å². The number of urea groups is 1. The second-order valence-corrected chi connectivity index (χ2v) is 9.20. The minimum Gasteiger partial charge on any atom is -0.331 e. The first-order valence-corrected chi connectivity index (χ1v) is 11.4. The van der Waals surface area contributed by atoms with E-state index in [-0.39, 0.29) is 28.9 Å². The molecule has 0 radical (unpaired) electrons. The summed E-state index contributed by atoms with van der Waals surface area (Å²) in [6, 6.07) is 10.3. The number of hydrogen-bond donors (Lipinski definition) is 0. The normalized spacial score (nSPS) is 22.8. The number of amides is 4. The first-order valence-electron chi connectivity index (χ1n) is 11.4. The molecule has 37 heavy (non-hydrogen) atoms. The zero-order chi connectivity index (χ0) is 26.2. The molecule has 3 heterocycles. The second kappa shape index (κ2) is 7.76. The molecule has 0 N–H and O–H groups in total. The number of piperazine rings is 1. The van der Waals surface area contributed by atoms with Gasteiger partial charge in [0.05, 0.1) is 33.6 Å². The zero-order valence-corrected chi connectivity index (χ0v) is 18.9. The third-order valence-corrected chi connectivity index (χ3v) is 7.30. The van der Waals surface area contributed by atoms with Crippen LogP contribution in [0.3, 0.4) is 0 Å². The summed E-state index contributed by atoms with van der Waals surface area (Å²) in [5, 5.41) is 12.1. The fraction of sp³-hybridized carbons (Fsp3) is 0.240. The monoisotopic (exact) mass is 510 g/mol. The van der Waals surface area contributed by atoms with Crippen molar-refractivity contribution in [2.24, 2.45) is 0 Å². The molecule has 0 spiro atoms. The molecule has 0 aromatic heterocycles. The van der Waals surface area contributed by atoms with Crippen molar-refractivity contribution in [1.29, 1.82) is 0 Å². The van der Waals surface area contributed by atoms with Gasteiger partial charge in [0, 0.05) is 23.6 Å². The number of fused-ring (bicyclic) bond motifs is 6. The average molecular weight is 510 g/mol. The number of alkyl halides is 3. The molecule has 2 bridgehead atoms. The summed E-state index contributed by atoms with van der Waals surface area (Å²) in [6.07, 6.45) is -4.15. The van der Waals surface area contributed by atoms with Gasteiger partial charge >= 0.3 is 12.2 Å². The van der Waals surface area contributed by atoms with Gasteiger partial charge in [-0.1, -0.05) is 18.2 Å². The van der Waals surface area contributed by atoms with E-state index in [2.05, 4.69) is 0 Å². The fourth-order valence-electron chi connectivity index (χ4n) is 5.70. The first-order chi connectivity index (χ1) is 17.6. The van der Waals surface area contributed by atoms with Gasteiger partial charge < -0.3 is 9.80 Å². The highest BCUT2D eigenvalue weighted by molar-refractivity contribution is 6.25. The van der Waals surface area contributed by atoms with Crippen LogP contribution >= 0.6 is 0 Å². The van der Waals surface area contributed by atoms with Gasteiger partial charge in [-0.05, 0) is 42.8 Å². The molecule has 3 saturated heterocycles. The largest absolute Gasteiger partial charge is 0.416 e. The van der Waals surface area contributed by atoms with Crippen molar-refractivity contribution >= 4 is 40.0 Å². The number of anilines is 1. The highest BCUT2D eigenvalue weighted by Crippen LogP contribution is 2.44. The lowest BCUT2D eigenvalue weighted by atomic mass is 10.0. The van der Waals surface area contributed by atoms with Gasteiger partial charge in [0.1, 0.15) is 6.04 Å². The number of benzene rings is 3. The number of imide groups is 1. The van der Waals surface area contributed by atoms with Crippen molar-refractivity contribution in [2.75, 3.05) is 11.4 Å². The molecule has 0 saturated carbocycles. The van der Waals surface area contributed by atoms with Crippen molar-refractivity contribution in [3.63, 3.8) is 0 Å². The van der Waals surface area contributed by atoms with Gasteiger partial charge in [0.25, 0.3) is 17.5 Å². The van der Waals surface area contributed by atoms with Crippen molar-refractivity contribution < 1.29 is 32.5 Å². The number of nitro groups is 1. The quantitative estimate of drug-likeness (QED) is 0.299. The highest BCUT2D eigenvalue weighted by Gasteiger charge is 2.63. The van der Waals surface area contributed by atoms with Crippen LogP contribution in [0.15, 0.2) is 60.7 Å². The Kier molecular flexibility index (Phi) is 4.81. The molecular weight excluding hydrogens is 493 g/mol. The molecule has 9 nitrogen and oxygen atoms in total. The summed E-state index contributed by atoms with van der Waals surface area (Å²) in [4.78, 5) is 55.0. The number of carbonyl (C=O) groups is 3. The van der Waals surface area contributed by atoms with E-state index >= 15 is 0 Å². The molecule has 0 aliphatic carbocycles. The van der Waals surface area contributed by atoms with Crippen molar-refractivity contribution in [1.82, 2.24) is 9.80 Å². The van der Waals surface area contributed by atoms with E-state index in [1.165, 1.54) is 28.0 Å². The van der Waals surface area contributed by atoms with Crippen LogP contribution in [0.4, 0.5) is 29.3 Å². The van der Waals surface area contributed by atoms with Crippen LogP contribution in [0, 0.1) is 10.1 Å². The maximum Gasteiger partial charge on any atom is 0.416 e. The number of carbonyl (C=O) groups excluding carboxylic acids is 3. The molecule has 3 aliphatic heterocycles. The fourth-order valence-corrected chi connectivity index (χ4v) is 5.70. The van der Waals surface area contributed by atoms with Crippen LogP contribution in [0.2, 0.25) is 0 Å². The molecule has 6 rings (SSSR count). The third kappa shape index (κ3) is 3.28. The van der Waals surface area contributed by atoms with Gasteiger partial charge in [-0.25, -0.2) is 9.69 Å². The van der Waals surface area contributed by atoms with Crippen LogP contribution < -0.4 is 4.90 Å². The van der Waals surface area contributed by atoms with Crippen LogP contribution in [0.5, 0.6) is 0 Å². The Balaban J connectivity index is 1.32. The number of likely N-dealkylation sites (tertiary alicyclic amines) is 1. The van der Waals surface area contributed by atoms with Crippen LogP contribution in [-0.2, 0) is 11.0 Å². The molecular formula is C25H17F3N4O5. The number of non-ortho nitro benzene ring substituents is 1. The van der Waals surface area contributed by atoms with Crippen LogP contribution in [-0.4, -0.2) is 57.2 Å². The second-order valence-electron chi connectivity index (χ2n) is 9.20. The number of halogens is 3. The van der Waals surface area contributed by atoms with E-state index in [0.29, 0.717) is 11.8 Å². The lowest BCUT2D eigenvalue weighted by molar-refractivity contribution is -0.383. The maximum absolute atomic E-state index is 13.6. The molecule has 3 atom stereocenters. The first kappa shape index (κ1) is 23.0. The lowest BCUT2D eigenvalue weighted by Gasteiger charge is -2.35. The van der Waals surface area contributed by atoms with Gasteiger partial charge in [-0.3, -0.25) is 19.7 Å². The topological polar surface area (TPSA) is 104 Å². The zero-order valence-electron chi connectivity index (χ0n) is 18.9. The van der Waals surface area contributed by atoms with Gasteiger partial charge in [-0.15, -0.1) is 0 Å². The smallest absolute Gasteiger partial charge is 0.331 e. The van der Waals surface area contributed by atoms with E-state index in [9.17, 15) is 37.7 Å². The van der Waals surface area contributed by atoms with Crippen LogP contribution in [0.25, 0.3) is 10.8 Å². The van der Waals surface area contributed by atoms with E-state index < -0.39 is 52.6 Å².